The highest BCUT2D eigenvalue weighted by atomic mass is 16.5. The molecule has 0 aliphatic heterocycles. The summed E-state index contributed by atoms with van der Waals surface area (Å²) in [7, 11) is 0. The molecule has 0 radical (unpaired) electrons. The van der Waals surface area contributed by atoms with Crippen LogP contribution in [0.3, 0.4) is 0 Å². The zero-order chi connectivity index (χ0) is 64.3. The minimum atomic E-state index is -1.44. The Morgan fingerprint density at radius 3 is 1.29 bits per heavy atom. The van der Waals surface area contributed by atoms with Crippen molar-refractivity contribution in [2.75, 3.05) is 79.0 Å². The topological polar surface area (TPSA) is 435 Å². The van der Waals surface area contributed by atoms with Crippen molar-refractivity contribution >= 4 is 70.9 Å². The second-order valence-corrected chi connectivity index (χ2v) is 21.3. The summed E-state index contributed by atoms with van der Waals surface area (Å²) in [6.45, 7) is 3.07. The Balaban J connectivity index is 4.04. The molecule has 0 saturated heterocycles. The molecule has 0 aromatic carbocycles. The van der Waals surface area contributed by atoms with E-state index in [9.17, 15) is 78.0 Å². The Labute approximate surface area is 504 Å². The molecule has 0 aromatic heterocycles. The number of Topliss-reactive ketones (excluding diaryl/α,β-unsaturated/α-hetero) is 2. The van der Waals surface area contributed by atoms with Crippen LogP contribution in [0.5, 0.6) is 0 Å². The van der Waals surface area contributed by atoms with E-state index in [0.29, 0.717) is 25.7 Å². The van der Waals surface area contributed by atoms with E-state index in [1.165, 1.54) is 39.0 Å². The fourth-order valence-electron chi connectivity index (χ4n) is 8.59. The highest BCUT2D eigenvalue weighted by Gasteiger charge is 2.27. The van der Waals surface area contributed by atoms with E-state index in [2.05, 4.69) is 31.9 Å². The van der Waals surface area contributed by atoms with Gasteiger partial charge in [-0.3, -0.25) is 53.3 Å². The fourth-order valence-corrected chi connectivity index (χ4v) is 8.59. The molecule has 0 bridgehead atoms. The zero-order valence-corrected chi connectivity index (χ0v) is 50.5. The van der Waals surface area contributed by atoms with Gasteiger partial charge in [0.2, 0.25) is 29.5 Å². The van der Waals surface area contributed by atoms with E-state index in [1.54, 1.807) is 6.92 Å². The van der Waals surface area contributed by atoms with Gasteiger partial charge in [0.1, 0.15) is 37.1 Å². The van der Waals surface area contributed by atoms with Gasteiger partial charge in [-0.2, -0.15) is 0 Å². The molecule has 0 spiro atoms. The first-order valence-electron chi connectivity index (χ1n) is 30.3. The summed E-state index contributed by atoms with van der Waals surface area (Å²) < 4.78 is 21.3. The summed E-state index contributed by atoms with van der Waals surface area (Å²) in [6.07, 6.45) is 13.7. The first-order chi connectivity index (χ1) is 41.0. The fraction of sp³-hybridized carbons (Fsp3) is 0.793. The van der Waals surface area contributed by atoms with Crippen molar-refractivity contribution in [2.24, 2.45) is 11.8 Å². The van der Waals surface area contributed by atoms with Crippen LogP contribution in [-0.2, 0) is 76.5 Å². The van der Waals surface area contributed by atoms with Crippen molar-refractivity contribution in [1.82, 2.24) is 31.9 Å². The van der Waals surface area contributed by atoms with Crippen LogP contribution in [0.15, 0.2) is 0 Å². The number of carboxylic acid groups (broad SMARTS) is 5. The van der Waals surface area contributed by atoms with E-state index >= 15 is 0 Å². The number of aliphatic hydroxyl groups excluding tert-OH is 1. The quantitative estimate of drug-likeness (QED) is 0.0389. The van der Waals surface area contributed by atoms with Crippen LogP contribution in [0.4, 0.5) is 0 Å². The number of hydrogen-bond donors (Lipinski definition) is 12. The normalized spacial score (nSPS) is 13.2. The Hall–Kier alpha value is -6.20. The van der Waals surface area contributed by atoms with Gasteiger partial charge < -0.3 is 76.2 Å². The third kappa shape index (κ3) is 47.0. The molecule has 0 unspecified atom stereocenters. The second-order valence-electron chi connectivity index (χ2n) is 21.3. The molecular weight excluding hydrogens is 1130 g/mol. The standard InChI is InChI=1S/C58H100N6O22/c1-41(47(67)38-62-54(42(2)65)58(81)82)19-17-18-28-59-48(68)26-23-46(57(79)80)64-51(71)25-22-43(55(75)76)37-44(66)39-85-35-33-84-32-30-61-52(72)40-86-36-34-83-31-29-60-49(69)27-24-45(56(77)78)63-50(70)20-15-13-11-9-7-5-3-4-6-8-10-12-14-16-21-53(73)74/h41-43,45-46,54,62,65H,3-40H2,1-2H3,(H,59,68)(H,60,69)(H,61,72)(H,63,70)(H,64,71)(H,73,74)(H,75,76)(H,77,78)(H,79,80)(H,81,82)/t41-,42+,43+,45-,46-,54-/m0/s1. The predicted octanol–water partition coefficient (Wildman–Crippen LogP) is 2.67. The van der Waals surface area contributed by atoms with Crippen LogP contribution >= 0.6 is 0 Å². The predicted molar refractivity (Wildman–Crippen MR) is 311 cm³/mol. The average molecular weight is 1230 g/mol. The number of carbonyl (C=O) groups excluding carboxylic acids is 7. The largest absolute Gasteiger partial charge is 0.481 e. The smallest absolute Gasteiger partial charge is 0.326 e. The molecule has 12 N–H and O–H groups in total. The molecule has 0 aromatic rings. The molecule has 0 aliphatic rings. The third-order valence-corrected chi connectivity index (χ3v) is 13.7. The molecule has 0 heterocycles. The van der Waals surface area contributed by atoms with Gasteiger partial charge in [0.05, 0.1) is 58.2 Å². The summed E-state index contributed by atoms with van der Waals surface area (Å²) in [5.74, 6) is -10.9. The number of rotatable bonds is 60. The van der Waals surface area contributed by atoms with Crippen LogP contribution in [0.25, 0.3) is 0 Å². The molecule has 6 atom stereocenters. The van der Waals surface area contributed by atoms with E-state index < -0.39 is 115 Å². The zero-order valence-electron chi connectivity index (χ0n) is 50.5. The number of nitrogens with one attached hydrogen (secondary N) is 6. The number of carbonyl (C=O) groups is 12. The summed E-state index contributed by atoms with van der Waals surface area (Å²) in [5, 5.41) is 71.3. The van der Waals surface area contributed by atoms with Gasteiger partial charge in [-0.15, -0.1) is 0 Å². The van der Waals surface area contributed by atoms with Gasteiger partial charge >= 0.3 is 29.8 Å². The molecule has 0 fully saturated rings. The van der Waals surface area contributed by atoms with E-state index in [-0.39, 0.29) is 129 Å². The monoisotopic (exact) mass is 1230 g/mol. The summed E-state index contributed by atoms with van der Waals surface area (Å²) in [4.78, 5) is 143. The third-order valence-electron chi connectivity index (χ3n) is 13.7. The molecule has 0 aliphatic carbocycles. The highest BCUT2D eigenvalue weighted by Crippen LogP contribution is 2.16. The summed E-state index contributed by atoms with van der Waals surface area (Å²) in [5.41, 5.74) is 0. The molecule has 28 nitrogen and oxygen atoms in total. The van der Waals surface area contributed by atoms with Crippen molar-refractivity contribution in [2.45, 2.75) is 205 Å². The van der Waals surface area contributed by atoms with Crippen LogP contribution < -0.4 is 31.9 Å². The van der Waals surface area contributed by atoms with Crippen LogP contribution in [0, 0.1) is 11.8 Å². The Kier molecular flexibility index (Phi) is 48.2. The van der Waals surface area contributed by atoms with Crippen LogP contribution in [0.1, 0.15) is 181 Å². The molecule has 86 heavy (non-hydrogen) atoms. The van der Waals surface area contributed by atoms with Gasteiger partial charge in [0.25, 0.3) is 0 Å². The van der Waals surface area contributed by atoms with E-state index in [0.717, 1.165) is 51.4 Å². The first kappa shape index (κ1) is 79.8. The lowest BCUT2D eigenvalue weighted by Crippen LogP contribution is -2.47. The Morgan fingerprint density at radius 1 is 0.395 bits per heavy atom. The lowest BCUT2D eigenvalue weighted by atomic mass is 9.97. The number of hydrogen-bond acceptors (Lipinski definition) is 18. The molecule has 28 heteroatoms. The minimum Gasteiger partial charge on any atom is -0.481 e. The molecular formula is C58H100N6O22. The van der Waals surface area contributed by atoms with Crippen molar-refractivity contribution in [3.8, 4) is 0 Å². The lowest BCUT2D eigenvalue weighted by Gasteiger charge is -2.18. The van der Waals surface area contributed by atoms with Gasteiger partial charge in [-0.05, 0) is 51.9 Å². The SMILES string of the molecule is C[C@@H](CCCCNC(=O)CC[C@H](NC(=O)CC[C@H](CC(=O)COCCOCCNC(=O)COCCOCCNC(=O)CC[C@H](NC(=O)CCCCCCCCCCCCCCCCC(=O)O)C(=O)O)C(=O)O)C(=O)O)C(=O)CN[C@H](C(=O)O)[C@@H](C)O. The molecule has 0 saturated carbocycles. The first-order valence-corrected chi connectivity index (χ1v) is 30.3. The van der Waals surface area contributed by atoms with E-state index in [1.807, 2.05) is 0 Å². The number of aliphatic hydroxyl groups is 1. The second kappa shape index (κ2) is 52.0. The summed E-state index contributed by atoms with van der Waals surface area (Å²) >= 11 is 0. The number of aliphatic carboxylic acids is 5. The minimum absolute atomic E-state index is 0.0230. The van der Waals surface area contributed by atoms with Crippen molar-refractivity contribution in [3.05, 3.63) is 0 Å². The maximum Gasteiger partial charge on any atom is 0.326 e. The number of ether oxygens (including phenoxy) is 4. The van der Waals surface area contributed by atoms with Gasteiger partial charge in [0, 0.05) is 64.1 Å². The molecule has 494 valence electrons. The molecule has 5 amide bonds. The van der Waals surface area contributed by atoms with Gasteiger partial charge in [-0.1, -0.05) is 90.4 Å². The maximum atomic E-state index is 12.6. The number of ketones is 2. The van der Waals surface area contributed by atoms with Gasteiger partial charge in [-0.25, -0.2) is 9.59 Å². The summed E-state index contributed by atoms with van der Waals surface area (Å²) in [6, 6.07) is -3.91. The van der Waals surface area contributed by atoms with Crippen molar-refractivity contribution in [3.63, 3.8) is 0 Å². The lowest BCUT2D eigenvalue weighted by molar-refractivity contribution is -0.145. The Morgan fingerprint density at radius 2 is 0.826 bits per heavy atom. The van der Waals surface area contributed by atoms with Crippen LogP contribution in [-0.4, -0.2) is 205 Å². The Bertz CT molecular complexity index is 2010. The van der Waals surface area contributed by atoms with Gasteiger partial charge in [0.15, 0.2) is 5.78 Å². The molecule has 0 rings (SSSR count). The van der Waals surface area contributed by atoms with Crippen LogP contribution in [0.2, 0.25) is 0 Å². The van der Waals surface area contributed by atoms with Crippen molar-refractivity contribution in [1.29, 1.82) is 0 Å². The number of amides is 5. The highest BCUT2D eigenvalue weighted by molar-refractivity contribution is 5.87. The average Bonchev–Trinajstić information content (AvgIpc) is 3.46. The number of unbranched alkanes of at least 4 members (excludes halogenated alkanes) is 14. The number of carboxylic acids is 5. The maximum absolute atomic E-state index is 12.6. The van der Waals surface area contributed by atoms with Crippen molar-refractivity contribution < 1.29 is 107 Å². The van der Waals surface area contributed by atoms with E-state index in [4.69, 9.17) is 29.2 Å².